The van der Waals surface area contributed by atoms with Gasteiger partial charge in [-0.05, 0) is 62.4 Å². The summed E-state index contributed by atoms with van der Waals surface area (Å²) in [6.45, 7) is 7.54. The van der Waals surface area contributed by atoms with Crippen LogP contribution in [0.5, 0.6) is 5.75 Å². The van der Waals surface area contributed by atoms with E-state index >= 15 is 0 Å². The molecule has 3 N–H and O–H groups in total. The van der Waals surface area contributed by atoms with Gasteiger partial charge in [-0.2, -0.15) is 0 Å². The maximum absolute atomic E-state index is 5.40. The van der Waals surface area contributed by atoms with E-state index in [0.29, 0.717) is 0 Å². The molecule has 1 aromatic heterocycles. The molecule has 0 atom stereocenters. The first-order chi connectivity index (χ1) is 13.7. The Morgan fingerprint density at radius 1 is 1.11 bits per heavy atom. The zero-order chi connectivity index (χ0) is 20.0. The molecule has 6 heteroatoms. The quantitative estimate of drug-likeness (QED) is 0.315. The molecule has 1 heterocycles. The summed E-state index contributed by atoms with van der Waals surface area (Å²) >= 11 is 0. The van der Waals surface area contributed by atoms with Crippen molar-refractivity contribution in [2.24, 2.45) is 4.99 Å². The van der Waals surface area contributed by atoms with E-state index < -0.39 is 0 Å². The van der Waals surface area contributed by atoms with E-state index in [0.717, 1.165) is 68.5 Å². The summed E-state index contributed by atoms with van der Waals surface area (Å²) in [6.07, 6.45) is 4.82. The van der Waals surface area contributed by atoms with Gasteiger partial charge in [-0.25, -0.2) is 4.98 Å². The first-order valence-electron chi connectivity index (χ1n) is 10.0. The van der Waals surface area contributed by atoms with Gasteiger partial charge in [-0.3, -0.25) is 4.99 Å². The normalized spacial score (nSPS) is 11.2. The number of hydrogen-bond donors (Lipinski definition) is 3. The number of unbranched alkanes of at least 4 members (excludes halogenated alkanes) is 1. The van der Waals surface area contributed by atoms with Crippen LogP contribution in [-0.2, 0) is 6.42 Å². The number of aryl methyl sites for hydroxylation is 1. The van der Waals surface area contributed by atoms with E-state index in [1.165, 1.54) is 5.56 Å². The number of benzene rings is 1. The SMILES string of the molecule is CCNC(=NCCCCNc1ccccn1)NCCc1ccc(C)c(OC)c1. The topological polar surface area (TPSA) is 70.6 Å². The molecule has 0 bridgehead atoms. The Kier molecular flexibility index (Phi) is 9.69. The molecule has 1 aromatic carbocycles. The largest absolute Gasteiger partial charge is 0.496 e. The highest BCUT2D eigenvalue weighted by Crippen LogP contribution is 2.18. The van der Waals surface area contributed by atoms with Gasteiger partial charge in [0.05, 0.1) is 7.11 Å². The van der Waals surface area contributed by atoms with Crippen molar-refractivity contribution in [1.29, 1.82) is 0 Å². The van der Waals surface area contributed by atoms with Crippen LogP contribution in [0.1, 0.15) is 30.9 Å². The van der Waals surface area contributed by atoms with Gasteiger partial charge < -0.3 is 20.7 Å². The van der Waals surface area contributed by atoms with Crippen LogP contribution in [0.3, 0.4) is 0 Å². The summed E-state index contributed by atoms with van der Waals surface area (Å²) in [6, 6.07) is 12.3. The number of rotatable bonds is 11. The summed E-state index contributed by atoms with van der Waals surface area (Å²) in [5, 5.41) is 10.0. The number of pyridine rings is 1. The Labute approximate surface area is 168 Å². The van der Waals surface area contributed by atoms with E-state index in [1.54, 1.807) is 13.3 Å². The lowest BCUT2D eigenvalue weighted by Crippen LogP contribution is -2.38. The molecule has 2 aromatic rings. The molecule has 0 spiro atoms. The number of ether oxygens (including phenoxy) is 1. The average molecular weight is 384 g/mol. The zero-order valence-corrected chi connectivity index (χ0v) is 17.3. The molecule has 0 aliphatic carbocycles. The smallest absolute Gasteiger partial charge is 0.191 e. The maximum atomic E-state index is 5.40. The number of aromatic nitrogens is 1. The molecular formula is C22H33N5O. The number of hydrogen-bond acceptors (Lipinski definition) is 4. The first-order valence-corrected chi connectivity index (χ1v) is 10.0. The van der Waals surface area contributed by atoms with Crippen molar-refractivity contribution < 1.29 is 4.74 Å². The minimum atomic E-state index is 0.803. The van der Waals surface area contributed by atoms with Gasteiger partial charge in [0.25, 0.3) is 0 Å². The highest BCUT2D eigenvalue weighted by molar-refractivity contribution is 5.79. The minimum Gasteiger partial charge on any atom is -0.496 e. The highest BCUT2D eigenvalue weighted by atomic mass is 16.5. The lowest BCUT2D eigenvalue weighted by atomic mass is 10.1. The monoisotopic (exact) mass is 383 g/mol. The molecule has 28 heavy (non-hydrogen) atoms. The summed E-state index contributed by atoms with van der Waals surface area (Å²) in [5.74, 6) is 2.74. The van der Waals surface area contributed by atoms with Crippen LogP contribution < -0.4 is 20.7 Å². The molecule has 6 nitrogen and oxygen atoms in total. The molecule has 0 aliphatic rings. The molecule has 0 aliphatic heterocycles. The van der Waals surface area contributed by atoms with Crippen molar-refractivity contribution in [1.82, 2.24) is 15.6 Å². The number of nitrogens with one attached hydrogen (secondary N) is 3. The van der Waals surface area contributed by atoms with Gasteiger partial charge in [0, 0.05) is 32.4 Å². The van der Waals surface area contributed by atoms with Crippen LogP contribution in [0.25, 0.3) is 0 Å². The van der Waals surface area contributed by atoms with Crippen molar-refractivity contribution >= 4 is 11.8 Å². The third-order valence-electron chi connectivity index (χ3n) is 4.35. The third kappa shape index (κ3) is 7.86. The average Bonchev–Trinajstić information content (AvgIpc) is 2.72. The van der Waals surface area contributed by atoms with E-state index in [4.69, 9.17) is 4.74 Å². The van der Waals surface area contributed by atoms with Crippen LogP contribution in [0.4, 0.5) is 5.82 Å². The predicted molar refractivity (Wildman–Crippen MR) is 117 cm³/mol. The first kappa shape index (κ1) is 21.5. The molecule has 0 saturated carbocycles. The second-order valence-corrected chi connectivity index (χ2v) is 6.59. The van der Waals surface area contributed by atoms with Crippen molar-refractivity contribution in [3.05, 3.63) is 53.7 Å². The predicted octanol–water partition coefficient (Wildman–Crippen LogP) is 3.39. The fourth-order valence-electron chi connectivity index (χ4n) is 2.80. The van der Waals surface area contributed by atoms with Gasteiger partial charge in [-0.1, -0.05) is 18.2 Å². The molecule has 0 radical (unpaired) electrons. The second kappa shape index (κ2) is 12.6. The standard InChI is InChI=1S/C22H33N5O/c1-4-23-22(26-15-8-7-14-25-21-9-5-6-13-24-21)27-16-12-19-11-10-18(2)20(17-19)28-3/h5-6,9-11,13,17H,4,7-8,12,14-16H2,1-3H3,(H,24,25)(H2,23,26,27). The van der Waals surface area contributed by atoms with E-state index in [2.05, 4.69) is 58.0 Å². The van der Waals surface area contributed by atoms with Crippen molar-refractivity contribution in [3.8, 4) is 5.75 Å². The summed E-state index contributed by atoms with van der Waals surface area (Å²) < 4.78 is 5.40. The number of guanidine groups is 1. The Hall–Kier alpha value is -2.76. The summed E-state index contributed by atoms with van der Waals surface area (Å²) in [5.41, 5.74) is 2.41. The lowest BCUT2D eigenvalue weighted by Gasteiger charge is -2.12. The van der Waals surface area contributed by atoms with Crippen molar-refractivity contribution in [2.75, 3.05) is 38.6 Å². The Morgan fingerprint density at radius 3 is 2.75 bits per heavy atom. The number of anilines is 1. The third-order valence-corrected chi connectivity index (χ3v) is 4.35. The summed E-state index contributed by atoms with van der Waals surface area (Å²) in [4.78, 5) is 8.92. The Bertz CT molecular complexity index is 718. The molecule has 2 rings (SSSR count). The van der Waals surface area contributed by atoms with Crippen molar-refractivity contribution in [2.45, 2.75) is 33.1 Å². The van der Waals surface area contributed by atoms with Crippen molar-refractivity contribution in [3.63, 3.8) is 0 Å². The molecule has 152 valence electrons. The number of aliphatic imine (C=N–C) groups is 1. The van der Waals surface area contributed by atoms with Gasteiger partial charge in [0.1, 0.15) is 11.6 Å². The van der Waals surface area contributed by atoms with E-state index in [9.17, 15) is 0 Å². The molecule has 0 saturated heterocycles. The van der Waals surface area contributed by atoms with Gasteiger partial charge in [-0.15, -0.1) is 0 Å². The lowest BCUT2D eigenvalue weighted by molar-refractivity contribution is 0.411. The Balaban J connectivity index is 1.68. The van der Waals surface area contributed by atoms with Crippen LogP contribution in [0, 0.1) is 6.92 Å². The minimum absolute atomic E-state index is 0.803. The van der Waals surface area contributed by atoms with Crippen LogP contribution in [0.15, 0.2) is 47.6 Å². The second-order valence-electron chi connectivity index (χ2n) is 6.59. The van der Waals surface area contributed by atoms with Crippen LogP contribution in [0.2, 0.25) is 0 Å². The zero-order valence-electron chi connectivity index (χ0n) is 17.3. The van der Waals surface area contributed by atoms with Crippen LogP contribution >= 0.6 is 0 Å². The maximum Gasteiger partial charge on any atom is 0.191 e. The highest BCUT2D eigenvalue weighted by Gasteiger charge is 2.02. The molecule has 0 amide bonds. The fraction of sp³-hybridized carbons (Fsp3) is 0.455. The van der Waals surface area contributed by atoms with E-state index in [1.807, 2.05) is 18.2 Å². The van der Waals surface area contributed by atoms with Crippen LogP contribution in [-0.4, -0.2) is 44.2 Å². The molecule has 0 unspecified atom stereocenters. The number of nitrogens with zero attached hydrogens (tertiary/aromatic N) is 2. The van der Waals surface area contributed by atoms with Gasteiger partial charge in [0.15, 0.2) is 5.96 Å². The number of methoxy groups -OCH3 is 1. The Morgan fingerprint density at radius 2 is 2.00 bits per heavy atom. The van der Waals surface area contributed by atoms with Gasteiger partial charge >= 0.3 is 0 Å². The summed E-state index contributed by atoms with van der Waals surface area (Å²) in [7, 11) is 1.71. The molecular weight excluding hydrogens is 350 g/mol. The fourth-order valence-corrected chi connectivity index (χ4v) is 2.80. The molecule has 0 fully saturated rings. The van der Waals surface area contributed by atoms with Gasteiger partial charge in [0.2, 0.25) is 0 Å². The van der Waals surface area contributed by atoms with E-state index in [-0.39, 0.29) is 0 Å².